The second-order valence-corrected chi connectivity index (χ2v) is 6.78. The largest absolute Gasteiger partial charge is 0.417 e. The number of nitrogens with zero attached hydrogens (tertiary/aromatic N) is 1. The number of alkyl halides is 3. The maximum absolute atomic E-state index is 13.5. The van der Waals surface area contributed by atoms with Crippen LogP contribution in [0, 0.1) is 0 Å². The molecule has 3 nitrogen and oxygen atoms in total. The minimum atomic E-state index is -4.53. The molecule has 0 unspecified atom stereocenters. The van der Waals surface area contributed by atoms with E-state index in [4.69, 9.17) is 0 Å². The first-order chi connectivity index (χ1) is 11.9. The molecule has 25 heavy (non-hydrogen) atoms. The summed E-state index contributed by atoms with van der Waals surface area (Å²) in [7, 11) is 0. The molecule has 1 amide bonds. The molecule has 0 aliphatic carbocycles. The van der Waals surface area contributed by atoms with Gasteiger partial charge in [0.05, 0.1) is 12.2 Å². The maximum atomic E-state index is 13.5. The predicted molar refractivity (Wildman–Crippen MR) is 89.5 cm³/mol. The van der Waals surface area contributed by atoms with Gasteiger partial charge >= 0.3 is 6.18 Å². The Balaban J connectivity index is 2.00. The van der Waals surface area contributed by atoms with E-state index in [-0.39, 0.29) is 23.1 Å². The zero-order chi connectivity index (χ0) is 18.0. The van der Waals surface area contributed by atoms with Crippen LogP contribution in [-0.4, -0.2) is 17.6 Å². The Kier molecular flexibility index (Phi) is 5.06. The van der Waals surface area contributed by atoms with E-state index in [0.29, 0.717) is 29.8 Å². The minimum absolute atomic E-state index is 0.0452. The van der Waals surface area contributed by atoms with Gasteiger partial charge in [-0.3, -0.25) is 4.79 Å². The number of halogens is 3. The van der Waals surface area contributed by atoms with E-state index >= 15 is 0 Å². The minimum Gasteiger partial charge on any atom is -0.392 e. The smallest absolute Gasteiger partial charge is 0.392 e. The van der Waals surface area contributed by atoms with Gasteiger partial charge in [0, 0.05) is 28.4 Å². The van der Waals surface area contributed by atoms with E-state index in [1.165, 1.54) is 11.0 Å². The number of carbonyl (C=O) groups is 1. The van der Waals surface area contributed by atoms with Crippen LogP contribution in [0.2, 0.25) is 0 Å². The number of benzene rings is 2. The lowest BCUT2D eigenvalue weighted by Crippen LogP contribution is -2.24. The number of amides is 1. The molecular formula is C18H16F3NO2S. The number of carbonyl (C=O) groups excluding carboxylic acids is 1. The molecule has 0 aromatic heterocycles. The van der Waals surface area contributed by atoms with E-state index in [1.807, 2.05) is 0 Å². The van der Waals surface area contributed by atoms with Gasteiger partial charge in [0.1, 0.15) is 0 Å². The summed E-state index contributed by atoms with van der Waals surface area (Å²) >= 11 is 0.961. The summed E-state index contributed by atoms with van der Waals surface area (Å²) in [6.45, 7) is 0.195. The van der Waals surface area contributed by atoms with E-state index in [1.54, 1.807) is 30.3 Å². The standard InChI is InChI=1S/C18H16F3NO2S/c19-18(20,21)14-10-13(22-9-3-6-17(22)24)7-8-16(14)25-15-5-2-1-4-12(15)11-23/h1-2,4-5,7-8,10,23H,3,6,9,11H2. The molecule has 2 aromatic rings. The molecule has 7 heteroatoms. The molecule has 1 fully saturated rings. The number of hydrogen-bond donors (Lipinski definition) is 1. The molecule has 0 saturated carbocycles. The van der Waals surface area contributed by atoms with Gasteiger partial charge in [-0.15, -0.1) is 0 Å². The van der Waals surface area contributed by atoms with Crippen LogP contribution in [0.5, 0.6) is 0 Å². The van der Waals surface area contributed by atoms with Crippen LogP contribution in [0.3, 0.4) is 0 Å². The van der Waals surface area contributed by atoms with Crippen LogP contribution in [0.25, 0.3) is 0 Å². The summed E-state index contributed by atoms with van der Waals surface area (Å²) in [5.74, 6) is -0.154. The van der Waals surface area contributed by atoms with Gasteiger partial charge in [-0.2, -0.15) is 13.2 Å². The van der Waals surface area contributed by atoms with Gasteiger partial charge in [0.15, 0.2) is 0 Å². The summed E-state index contributed by atoms with van der Waals surface area (Å²) < 4.78 is 40.6. The summed E-state index contributed by atoms with van der Waals surface area (Å²) in [6.07, 6.45) is -3.52. The predicted octanol–water partition coefficient (Wildman–Crippen LogP) is 4.48. The quantitative estimate of drug-likeness (QED) is 0.866. The Morgan fingerprint density at radius 1 is 1.12 bits per heavy atom. The van der Waals surface area contributed by atoms with Gasteiger partial charge in [0.25, 0.3) is 0 Å². The fourth-order valence-corrected chi connectivity index (χ4v) is 3.84. The molecule has 0 radical (unpaired) electrons. The zero-order valence-corrected chi connectivity index (χ0v) is 14.0. The Morgan fingerprint density at radius 2 is 1.88 bits per heavy atom. The average Bonchev–Trinajstić information content (AvgIpc) is 3.01. The van der Waals surface area contributed by atoms with Crippen LogP contribution < -0.4 is 4.90 Å². The Hall–Kier alpha value is -1.99. The summed E-state index contributed by atoms with van der Waals surface area (Å²) in [5, 5.41) is 9.36. The fourth-order valence-electron chi connectivity index (χ4n) is 2.77. The van der Waals surface area contributed by atoms with E-state index < -0.39 is 11.7 Å². The van der Waals surface area contributed by atoms with Crippen LogP contribution in [0.15, 0.2) is 52.3 Å². The highest BCUT2D eigenvalue weighted by atomic mass is 32.2. The molecule has 0 bridgehead atoms. The molecule has 1 aliphatic rings. The Morgan fingerprint density at radius 3 is 2.52 bits per heavy atom. The third-order valence-electron chi connectivity index (χ3n) is 4.02. The number of hydrogen-bond acceptors (Lipinski definition) is 3. The van der Waals surface area contributed by atoms with E-state index in [2.05, 4.69) is 0 Å². The molecule has 1 N–H and O–H groups in total. The molecule has 0 spiro atoms. The first kappa shape index (κ1) is 17.8. The number of rotatable bonds is 4. The van der Waals surface area contributed by atoms with Crippen LogP contribution in [0.1, 0.15) is 24.0 Å². The first-order valence-corrected chi connectivity index (χ1v) is 8.60. The van der Waals surface area contributed by atoms with Crippen molar-refractivity contribution in [1.82, 2.24) is 0 Å². The van der Waals surface area contributed by atoms with Gasteiger partial charge in [-0.1, -0.05) is 30.0 Å². The fraction of sp³-hybridized carbons (Fsp3) is 0.278. The molecule has 132 valence electrons. The van der Waals surface area contributed by atoms with Crippen molar-refractivity contribution >= 4 is 23.4 Å². The lowest BCUT2D eigenvalue weighted by Gasteiger charge is -2.20. The van der Waals surface area contributed by atoms with Crippen LogP contribution in [0.4, 0.5) is 18.9 Å². The van der Waals surface area contributed by atoms with Gasteiger partial charge in [-0.25, -0.2) is 0 Å². The zero-order valence-electron chi connectivity index (χ0n) is 13.2. The van der Waals surface area contributed by atoms with Crippen molar-refractivity contribution in [3.8, 4) is 0 Å². The highest BCUT2D eigenvalue weighted by Gasteiger charge is 2.35. The molecule has 2 aromatic carbocycles. The van der Waals surface area contributed by atoms with Crippen molar-refractivity contribution in [2.45, 2.75) is 35.4 Å². The lowest BCUT2D eigenvalue weighted by molar-refractivity contribution is -0.139. The van der Waals surface area contributed by atoms with Crippen LogP contribution >= 0.6 is 11.8 Å². The third-order valence-corrected chi connectivity index (χ3v) is 5.21. The second-order valence-electron chi connectivity index (χ2n) is 5.70. The van der Waals surface area contributed by atoms with Crippen molar-refractivity contribution < 1.29 is 23.1 Å². The molecule has 3 rings (SSSR count). The lowest BCUT2D eigenvalue weighted by atomic mass is 10.2. The number of anilines is 1. The summed E-state index contributed by atoms with van der Waals surface area (Å²) in [6, 6.07) is 10.8. The Labute approximate surface area is 147 Å². The average molecular weight is 367 g/mol. The van der Waals surface area contributed by atoms with Crippen LogP contribution in [-0.2, 0) is 17.6 Å². The van der Waals surface area contributed by atoms with Crippen molar-refractivity contribution in [2.24, 2.45) is 0 Å². The number of aliphatic hydroxyl groups is 1. The second kappa shape index (κ2) is 7.09. The van der Waals surface area contributed by atoms with Crippen molar-refractivity contribution in [2.75, 3.05) is 11.4 Å². The SMILES string of the molecule is O=C1CCCN1c1ccc(Sc2ccccc2CO)c(C(F)(F)F)c1. The van der Waals surface area contributed by atoms with Crippen molar-refractivity contribution in [1.29, 1.82) is 0 Å². The summed E-state index contributed by atoms with van der Waals surface area (Å²) in [5.41, 5.74) is 0.0662. The van der Waals surface area contributed by atoms with Crippen molar-refractivity contribution in [3.63, 3.8) is 0 Å². The van der Waals surface area contributed by atoms with Gasteiger partial charge in [-0.05, 0) is 36.2 Å². The Bertz CT molecular complexity index is 792. The molecule has 1 heterocycles. The molecular weight excluding hydrogens is 351 g/mol. The molecule has 1 aliphatic heterocycles. The molecule has 0 atom stereocenters. The summed E-state index contributed by atoms with van der Waals surface area (Å²) in [4.78, 5) is 13.8. The highest BCUT2D eigenvalue weighted by Crippen LogP contribution is 2.42. The topological polar surface area (TPSA) is 40.5 Å². The van der Waals surface area contributed by atoms with E-state index in [9.17, 15) is 23.1 Å². The highest BCUT2D eigenvalue weighted by molar-refractivity contribution is 7.99. The monoisotopic (exact) mass is 367 g/mol. The van der Waals surface area contributed by atoms with Crippen molar-refractivity contribution in [3.05, 3.63) is 53.6 Å². The number of aliphatic hydroxyl groups excluding tert-OH is 1. The van der Waals surface area contributed by atoms with Gasteiger partial charge in [0.2, 0.25) is 5.91 Å². The maximum Gasteiger partial charge on any atom is 0.417 e. The first-order valence-electron chi connectivity index (χ1n) is 7.78. The normalized spacial score (nSPS) is 15.0. The van der Waals surface area contributed by atoms with Gasteiger partial charge < -0.3 is 10.0 Å². The molecule has 1 saturated heterocycles. The third kappa shape index (κ3) is 3.82. The van der Waals surface area contributed by atoms with E-state index in [0.717, 1.165) is 17.8 Å².